The molecule has 0 spiro atoms. The number of rotatable bonds is 8. The molecule has 0 unspecified atom stereocenters. The van der Waals surface area contributed by atoms with E-state index < -0.39 is 0 Å². The minimum absolute atomic E-state index is 0.0759. The van der Waals surface area contributed by atoms with Crippen LogP contribution in [0.2, 0.25) is 0 Å². The zero-order valence-electron chi connectivity index (χ0n) is 18.6. The van der Waals surface area contributed by atoms with E-state index in [0.29, 0.717) is 43.3 Å². The lowest BCUT2D eigenvalue weighted by atomic mass is 9.83. The second-order valence-electron chi connectivity index (χ2n) is 8.21. The maximum Gasteiger partial charge on any atom is 0.225 e. The number of benzene rings is 1. The van der Waals surface area contributed by atoms with Gasteiger partial charge in [0.2, 0.25) is 11.8 Å². The second-order valence-corrected chi connectivity index (χ2v) is 8.21. The van der Waals surface area contributed by atoms with E-state index in [-0.39, 0.29) is 23.8 Å². The summed E-state index contributed by atoms with van der Waals surface area (Å²) in [4.78, 5) is 32.1. The number of likely N-dealkylation sites (tertiary alicyclic amines) is 1. The van der Waals surface area contributed by atoms with Crippen molar-refractivity contribution in [3.63, 3.8) is 0 Å². The first kappa shape index (κ1) is 22.6. The van der Waals surface area contributed by atoms with E-state index >= 15 is 0 Å². The predicted molar refractivity (Wildman–Crippen MR) is 118 cm³/mol. The molecule has 2 heterocycles. The number of methoxy groups -OCH3 is 2. The first-order chi connectivity index (χ1) is 14.9. The lowest BCUT2D eigenvalue weighted by Gasteiger charge is -2.41. The molecule has 1 saturated heterocycles. The van der Waals surface area contributed by atoms with Crippen molar-refractivity contribution in [2.75, 3.05) is 20.8 Å². The van der Waals surface area contributed by atoms with Crippen molar-refractivity contribution in [1.29, 1.82) is 0 Å². The Hall–Kier alpha value is -3.09. The zero-order valence-corrected chi connectivity index (χ0v) is 18.6. The highest BCUT2D eigenvalue weighted by molar-refractivity contribution is 5.85. The molecule has 2 amide bonds. The molecule has 7 nitrogen and oxygen atoms in total. The minimum Gasteiger partial charge on any atom is -0.497 e. The summed E-state index contributed by atoms with van der Waals surface area (Å²) in [7, 11) is 3.19. The van der Waals surface area contributed by atoms with Gasteiger partial charge in [-0.3, -0.25) is 14.6 Å². The van der Waals surface area contributed by atoms with Crippen LogP contribution in [0.25, 0.3) is 0 Å². The molecule has 1 fully saturated rings. The molecule has 0 saturated carbocycles. The van der Waals surface area contributed by atoms with Gasteiger partial charge in [-0.2, -0.15) is 0 Å². The normalized spacial score (nSPS) is 18.7. The molecule has 7 heteroatoms. The van der Waals surface area contributed by atoms with Gasteiger partial charge in [0.05, 0.1) is 26.2 Å². The maximum atomic E-state index is 13.3. The fraction of sp³-hybridized carbons (Fsp3) is 0.458. The minimum atomic E-state index is -0.343. The summed E-state index contributed by atoms with van der Waals surface area (Å²) in [6.07, 6.45) is 4.33. The first-order valence-electron chi connectivity index (χ1n) is 10.6. The monoisotopic (exact) mass is 425 g/mol. The molecule has 2 aromatic rings. The van der Waals surface area contributed by atoms with Crippen LogP contribution in [-0.2, 0) is 16.1 Å². The molecule has 31 heavy (non-hydrogen) atoms. The number of carbonyl (C=O) groups is 2. The Labute approximate surface area is 183 Å². The van der Waals surface area contributed by atoms with Crippen LogP contribution in [0.3, 0.4) is 0 Å². The molecule has 166 valence electrons. The van der Waals surface area contributed by atoms with Crippen molar-refractivity contribution in [3.8, 4) is 11.5 Å². The molecule has 0 bridgehead atoms. The molecule has 1 aliphatic heterocycles. The van der Waals surface area contributed by atoms with E-state index in [2.05, 4.69) is 24.1 Å². The predicted octanol–water partition coefficient (Wildman–Crippen LogP) is 3.35. The van der Waals surface area contributed by atoms with Crippen molar-refractivity contribution in [2.24, 2.45) is 11.8 Å². The third kappa shape index (κ3) is 5.34. The average Bonchev–Trinajstić information content (AvgIpc) is 2.78. The van der Waals surface area contributed by atoms with Crippen molar-refractivity contribution in [2.45, 2.75) is 39.3 Å². The van der Waals surface area contributed by atoms with Crippen LogP contribution in [0.4, 0.5) is 0 Å². The highest BCUT2D eigenvalue weighted by Crippen LogP contribution is 2.37. The van der Waals surface area contributed by atoms with Gasteiger partial charge in [0, 0.05) is 43.5 Å². The van der Waals surface area contributed by atoms with E-state index in [1.54, 1.807) is 32.7 Å². The largest absolute Gasteiger partial charge is 0.497 e. The van der Waals surface area contributed by atoms with Gasteiger partial charge in [0.15, 0.2) is 0 Å². The van der Waals surface area contributed by atoms with Gasteiger partial charge in [-0.05, 0) is 36.1 Å². The summed E-state index contributed by atoms with van der Waals surface area (Å²) in [6.45, 7) is 5.09. The summed E-state index contributed by atoms with van der Waals surface area (Å²) in [5.74, 6) is 1.32. The van der Waals surface area contributed by atoms with Gasteiger partial charge < -0.3 is 19.7 Å². The smallest absolute Gasteiger partial charge is 0.225 e. The van der Waals surface area contributed by atoms with Crippen LogP contribution in [0.15, 0.2) is 42.7 Å². The third-order valence-electron chi connectivity index (χ3n) is 5.58. The number of piperidine rings is 1. The Balaban J connectivity index is 1.82. The van der Waals surface area contributed by atoms with Crippen molar-refractivity contribution < 1.29 is 19.1 Å². The second kappa shape index (κ2) is 10.3. The fourth-order valence-electron chi connectivity index (χ4n) is 4.11. The van der Waals surface area contributed by atoms with Gasteiger partial charge in [-0.25, -0.2) is 0 Å². The van der Waals surface area contributed by atoms with Gasteiger partial charge in [-0.15, -0.1) is 0 Å². The lowest BCUT2D eigenvalue weighted by Crippen LogP contribution is -2.49. The first-order valence-corrected chi connectivity index (χ1v) is 10.6. The average molecular weight is 426 g/mol. The molecule has 1 aromatic heterocycles. The summed E-state index contributed by atoms with van der Waals surface area (Å²) >= 11 is 0. The van der Waals surface area contributed by atoms with Crippen LogP contribution >= 0.6 is 0 Å². The number of carbonyl (C=O) groups excluding carboxylic acids is 2. The zero-order chi connectivity index (χ0) is 22.4. The highest BCUT2D eigenvalue weighted by atomic mass is 16.5. The van der Waals surface area contributed by atoms with Gasteiger partial charge in [-0.1, -0.05) is 19.9 Å². The van der Waals surface area contributed by atoms with Gasteiger partial charge >= 0.3 is 0 Å². The molecule has 0 radical (unpaired) electrons. The van der Waals surface area contributed by atoms with Crippen molar-refractivity contribution >= 4 is 11.8 Å². The molecule has 0 aliphatic carbocycles. The summed E-state index contributed by atoms with van der Waals surface area (Å²) in [6, 6.07) is 8.98. The Morgan fingerprint density at radius 2 is 2.06 bits per heavy atom. The molecule has 1 aromatic carbocycles. The number of amides is 2. The molecular formula is C24H31N3O4. The van der Waals surface area contributed by atoms with E-state index in [4.69, 9.17) is 9.47 Å². The number of hydrogen-bond acceptors (Lipinski definition) is 5. The van der Waals surface area contributed by atoms with Crippen LogP contribution in [0, 0.1) is 11.8 Å². The lowest BCUT2D eigenvalue weighted by molar-refractivity contribution is -0.144. The van der Waals surface area contributed by atoms with Crippen LogP contribution in [-0.4, -0.2) is 42.5 Å². The van der Waals surface area contributed by atoms with E-state index in [1.807, 2.05) is 29.2 Å². The number of ether oxygens (including phenoxy) is 2. The standard InChI is InChI=1S/C24H31N3O4/c1-16(2)15-27-22(28)10-9-20(23(27)18-6-5-11-25-13-18)24(29)26-14-17-7-8-19(30-3)12-21(17)31-4/h5-8,11-13,16,20,23H,9-10,14-15H2,1-4H3,(H,26,29)/t20-,23+/m1/s1. The Morgan fingerprint density at radius 1 is 1.26 bits per heavy atom. The summed E-state index contributed by atoms with van der Waals surface area (Å²) < 4.78 is 10.7. The molecule has 1 aliphatic rings. The van der Waals surface area contributed by atoms with Crippen molar-refractivity contribution in [1.82, 2.24) is 15.2 Å². The topological polar surface area (TPSA) is 80.8 Å². The number of nitrogens with zero attached hydrogens (tertiary/aromatic N) is 2. The quantitative estimate of drug-likeness (QED) is 0.702. The van der Waals surface area contributed by atoms with E-state index in [9.17, 15) is 9.59 Å². The highest BCUT2D eigenvalue weighted by Gasteiger charge is 2.40. The number of aromatic nitrogens is 1. The van der Waals surface area contributed by atoms with E-state index in [1.165, 1.54) is 0 Å². The van der Waals surface area contributed by atoms with Crippen LogP contribution < -0.4 is 14.8 Å². The van der Waals surface area contributed by atoms with Crippen LogP contribution in [0.5, 0.6) is 11.5 Å². The molecule has 2 atom stereocenters. The Morgan fingerprint density at radius 3 is 2.71 bits per heavy atom. The molecule has 1 N–H and O–H groups in total. The third-order valence-corrected chi connectivity index (χ3v) is 5.58. The van der Waals surface area contributed by atoms with Gasteiger partial charge in [0.1, 0.15) is 11.5 Å². The molecule has 3 rings (SSSR count). The summed E-state index contributed by atoms with van der Waals surface area (Å²) in [5.41, 5.74) is 1.75. The number of hydrogen-bond donors (Lipinski definition) is 1. The SMILES string of the molecule is COc1ccc(CNC(=O)[C@@H]2CCC(=O)N(CC(C)C)[C@H]2c2cccnc2)c(OC)c1. The Bertz CT molecular complexity index is 901. The van der Waals surface area contributed by atoms with E-state index in [0.717, 1.165) is 11.1 Å². The van der Waals surface area contributed by atoms with Crippen LogP contribution in [0.1, 0.15) is 43.9 Å². The number of pyridine rings is 1. The van der Waals surface area contributed by atoms with Gasteiger partial charge in [0.25, 0.3) is 0 Å². The maximum absolute atomic E-state index is 13.3. The summed E-state index contributed by atoms with van der Waals surface area (Å²) in [5, 5.41) is 3.05. The molecular weight excluding hydrogens is 394 g/mol. The fourth-order valence-corrected chi connectivity index (χ4v) is 4.11. The Kier molecular flexibility index (Phi) is 7.50. The van der Waals surface area contributed by atoms with Crippen molar-refractivity contribution in [3.05, 3.63) is 53.9 Å². The number of nitrogens with one attached hydrogen (secondary N) is 1.